The van der Waals surface area contributed by atoms with Crippen molar-refractivity contribution in [3.63, 3.8) is 0 Å². The first kappa shape index (κ1) is 18.6. The predicted molar refractivity (Wildman–Crippen MR) is 102 cm³/mol. The predicted octanol–water partition coefficient (Wildman–Crippen LogP) is 4.04. The van der Waals surface area contributed by atoms with Crippen LogP contribution < -0.4 is 0 Å². The summed E-state index contributed by atoms with van der Waals surface area (Å²) in [7, 11) is 0. The highest BCUT2D eigenvalue weighted by molar-refractivity contribution is 6.01. The monoisotopic (exact) mass is 370 g/mol. The van der Waals surface area contributed by atoms with E-state index in [0.717, 1.165) is 32.1 Å². The Kier molecular flexibility index (Phi) is 4.25. The highest BCUT2D eigenvalue weighted by Crippen LogP contribution is 2.66. The first-order valence-electron chi connectivity index (χ1n) is 10.3. The quantitative estimate of drug-likeness (QED) is 0.688. The van der Waals surface area contributed by atoms with Crippen molar-refractivity contribution < 1.29 is 19.1 Å². The molecule has 0 N–H and O–H groups in total. The van der Waals surface area contributed by atoms with Gasteiger partial charge < -0.3 is 4.74 Å². The lowest BCUT2D eigenvalue weighted by Crippen LogP contribution is -2.57. The van der Waals surface area contributed by atoms with E-state index in [2.05, 4.69) is 19.9 Å². The summed E-state index contributed by atoms with van der Waals surface area (Å²) in [6.07, 6.45) is 10.1. The average Bonchev–Trinajstić information content (AvgIpc) is 2.95. The summed E-state index contributed by atoms with van der Waals surface area (Å²) in [6, 6.07) is 0. The van der Waals surface area contributed by atoms with Crippen molar-refractivity contribution in [3.05, 3.63) is 23.8 Å². The number of rotatable bonds is 2. The van der Waals surface area contributed by atoms with Crippen molar-refractivity contribution in [2.24, 2.45) is 34.5 Å². The van der Waals surface area contributed by atoms with Crippen molar-refractivity contribution in [1.29, 1.82) is 0 Å². The normalized spacial score (nSPS) is 45.4. The number of carbonyl (C=O) groups excluding carboxylic acids is 3. The lowest BCUT2D eigenvalue weighted by Gasteiger charge is -2.59. The van der Waals surface area contributed by atoms with Crippen molar-refractivity contribution in [3.8, 4) is 0 Å². The molecular weight excluding hydrogens is 340 g/mol. The van der Waals surface area contributed by atoms with Crippen molar-refractivity contribution in [2.45, 2.75) is 65.9 Å². The van der Waals surface area contributed by atoms with Crippen LogP contribution in [0.15, 0.2) is 23.8 Å². The zero-order chi connectivity index (χ0) is 19.6. The number of esters is 1. The van der Waals surface area contributed by atoms with E-state index in [0.29, 0.717) is 17.8 Å². The van der Waals surface area contributed by atoms with Crippen LogP contribution in [0.25, 0.3) is 0 Å². The Labute approximate surface area is 161 Å². The fourth-order valence-corrected chi connectivity index (χ4v) is 7.18. The number of ketones is 2. The Bertz CT molecular complexity index is 762. The molecule has 0 saturated heterocycles. The van der Waals surface area contributed by atoms with E-state index >= 15 is 0 Å². The number of Topliss-reactive ketones (excluding diaryl/α,β-unsaturated/α-hetero) is 1. The van der Waals surface area contributed by atoms with Gasteiger partial charge in [-0.3, -0.25) is 14.4 Å². The first-order chi connectivity index (χ1) is 12.7. The minimum absolute atomic E-state index is 0.0268. The van der Waals surface area contributed by atoms with Crippen LogP contribution in [0, 0.1) is 34.5 Å². The van der Waals surface area contributed by atoms with Gasteiger partial charge in [-0.15, -0.1) is 0 Å². The third-order valence-corrected chi connectivity index (χ3v) is 8.43. The molecular formula is C23H30O4. The van der Waals surface area contributed by atoms with Gasteiger partial charge in [0, 0.05) is 23.7 Å². The second kappa shape index (κ2) is 6.15. The maximum atomic E-state index is 12.4. The van der Waals surface area contributed by atoms with Gasteiger partial charge in [0.25, 0.3) is 0 Å². The number of fused-ring (bicyclic) bond motifs is 5. The van der Waals surface area contributed by atoms with Crippen molar-refractivity contribution in [1.82, 2.24) is 0 Å². The van der Waals surface area contributed by atoms with Gasteiger partial charge in [-0.25, -0.2) is 0 Å². The summed E-state index contributed by atoms with van der Waals surface area (Å²) < 4.78 is 5.88. The number of ether oxygens (including phenoxy) is 1. The highest BCUT2D eigenvalue weighted by Gasteiger charge is 2.64. The minimum atomic E-state index is -0.273. The van der Waals surface area contributed by atoms with Gasteiger partial charge >= 0.3 is 5.97 Å². The lowest BCUT2D eigenvalue weighted by atomic mass is 9.46. The molecule has 4 aliphatic rings. The van der Waals surface area contributed by atoms with E-state index < -0.39 is 0 Å². The van der Waals surface area contributed by atoms with Crippen LogP contribution in [-0.2, 0) is 19.1 Å². The van der Waals surface area contributed by atoms with Crippen molar-refractivity contribution in [2.75, 3.05) is 0 Å². The molecule has 146 valence electrons. The molecule has 0 heterocycles. The third-order valence-electron chi connectivity index (χ3n) is 8.43. The fraction of sp³-hybridized carbons (Fsp3) is 0.696. The molecule has 27 heavy (non-hydrogen) atoms. The van der Waals surface area contributed by atoms with Gasteiger partial charge in [0.15, 0.2) is 5.78 Å². The average molecular weight is 370 g/mol. The van der Waals surface area contributed by atoms with E-state index in [-0.39, 0.29) is 40.4 Å². The smallest absolute Gasteiger partial charge is 0.302 e. The van der Waals surface area contributed by atoms with Crippen molar-refractivity contribution >= 4 is 17.5 Å². The summed E-state index contributed by atoms with van der Waals surface area (Å²) in [5, 5.41) is 0. The van der Waals surface area contributed by atoms with E-state index in [9.17, 15) is 14.4 Å². The van der Waals surface area contributed by atoms with Crippen LogP contribution in [0.2, 0.25) is 0 Å². The Hall–Kier alpha value is -1.71. The number of allylic oxidation sites excluding steroid dienone is 4. The van der Waals surface area contributed by atoms with Crippen LogP contribution >= 0.6 is 0 Å². The molecule has 3 saturated carbocycles. The molecule has 0 aromatic rings. The molecule has 7 atom stereocenters. The fourth-order valence-electron chi connectivity index (χ4n) is 7.18. The topological polar surface area (TPSA) is 60.4 Å². The SMILES string of the molecule is CC(=O)OC1C[C@H]2[C@@H](CCC3=CC(=O)C=C[C@@]32C)[C@@H]2CC[C@H](C(C)=O)[C@@]12C. The molecule has 4 rings (SSSR count). The summed E-state index contributed by atoms with van der Waals surface area (Å²) in [6.45, 7) is 7.58. The minimum Gasteiger partial charge on any atom is -0.462 e. The summed E-state index contributed by atoms with van der Waals surface area (Å²) in [5.41, 5.74) is 0.803. The molecule has 0 aliphatic heterocycles. The van der Waals surface area contributed by atoms with Gasteiger partial charge in [0.1, 0.15) is 11.9 Å². The molecule has 0 aromatic heterocycles. The lowest BCUT2D eigenvalue weighted by molar-refractivity contribution is -0.178. The molecule has 0 bridgehead atoms. The van der Waals surface area contributed by atoms with E-state index in [1.807, 2.05) is 6.08 Å². The Morgan fingerprint density at radius 3 is 2.52 bits per heavy atom. The van der Waals surface area contributed by atoms with E-state index in [4.69, 9.17) is 4.74 Å². The molecule has 0 radical (unpaired) electrons. The van der Waals surface area contributed by atoms with E-state index in [1.54, 1.807) is 13.0 Å². The van der Waals surface area contributed by atoms with Gasteiger partial charge in [-0.2, -0.15) is 0 Å². The Morgan fingerprint density at radius 2 is 1.85 bits per heavy atom. The second-order valence-corrected chi connectivity index (χ2v) is 9.54. The first-order valence-corrected chi connectivity index (χ1v) is 10.3. The van der Waals surface area contributed by atoms with Crippen LogP contribution in [0.4, 0.5) is 0 Å². The van der Waals surface area contributed by atoms with Gasteiger partial charge in [0.05, 0.1) is 0 Å². The summed E-state index contributed by atoms with van der Waals surface area (Å²) in [5.74, 6) is 1.25. The maximum Gasteiger partial charge on any atom is 0.302 e. The van der Waals surface area contributed by atoms with Gasteiger partial charge in [-0.1, -0.05) is 25.5 Å². The Morgan fingerprint density at radius 1 is 1.11 bits per heavy atom. The van der Waals surface area contributed by atoms with Crippen LogP contribution in [0.1, 0.15) is 59.8 Å². The van der Waals surface area contributed by atoms with E-state index in [1.165, 1.54) is 12.5 Å². The maximum absolute atomic E-state index is 12.4. The van der Waals surface area contributed by atoms with Gasteiger partial charge in [0.2, 0.25) is 0 Å². The Balaban J connectivity index is 1.77. The molecule has 0 aromatic carbocycles. The largest absolute Gasteiger partial charge is 0.462 e. The number of carbonyl (C=O) groups is 3. The molecule has 0 amide bonds. The third kappa shape index (κ3) is 2.59. The molecule has 0 spiro atoms. The molecule has 1 unspecified atom stereocenters. The van der Waals surface area contributed by atoms with Crippen LogP contribution in [0.3, 0.4) is 0 Å². The number of hydrogen-bond acceptors (Lipinski definition) is 4. The molecule has 4 aliphatic carbocycles. The van der Waals surface area contributed by atoms with Crippen LogP contribution in [-0.4, -0.2) is 23.6 Å². The van der Waals surface area contributed by atoms with Gasteiger partial charge in [-0.05, 0) is 68.9 Å². The standard InChI is InChI=1S/C23H30O4/c1-13(24)18-7-8-19-17-6-5-15-11-16(26)9-10-22(15,3)20(17)12-21(23(18,19)4)27-14(2)25/h9-11,17-21H,5-8,12H2,1-4H3/t17-,18+,19-,20-,21?,22-,23+/m0/s1. The number of hydrogen-bond donors (Lipinski definition) is 0. The summed E-state index contributed by atoms with van der Waals surface area (Å²) in [4.78, 5) is 36.2. The molecule has 4 nitrogen and oxygen atoms in total. The van der Waals surface area contributed by atoms with Crippen LogP contribution in [0.5, 0.6) is 0 Å². The summed E-state index contributed by atoms with van der Waals surface area (Å²) >= 11 is 0. The molecule has 4 heteroatoms. The zero-order valence-electron chi connectivity index (χ0n) is 16.8. The second-order valence-electron chi connectivity index (χ2n) is 9.54. The molecule has 3 fully saturated rings. The highest BCUT2D eigenvalue weighted by atomic mass is 16.5. The zero-order valence-corrected chi connectivity index (χ0v) is 16.8.